The maximum Gasteiger partial charge on any atom is 0.238 e. The van der Waals surface area contributed by atoms with E-state index in [1.807, 2.05) is 0 Å². The fourth-order valence-electron chi connectivity index (χ4n) is 1.17. The lowest BCUT2D eigenvalue weighted by Crippen LogP contribution is -2.28. The third kappa shape index (κ3) is 2.60. The Morgan fingerprint density at radius 2 is 1.67 bits per heavy atom. The number of methoxy groups -OCH3 is 2. The van der Waals surface area contributed by atoms with Gasteiger partial charge in [-0.1, -0.05) is 0 Å². The highest BCUT2D eigenvalue weighted by atomic mass is 16.5. The molecule has 1 atom stereocenters. The van der Waals surface area contributed by atoms with Gasteiger partial charge in [-0.05, 0) is 17.7 Å². The van der Waals surface area contributed by atoms with E-state index in [2.05, 4.69) is 0 Å². The summed E-state index contributed by atoms with van der Waals surface area (Å²) < 4.78 is 10.1. The van der Waals surface area contributed by atoms with Gasteiger partial charge in [-0.15, -0.1) is 0 Å². The van der Waals surface area contributed by atoms with Crippen LogP contribution in [0.3, 0.4) is 0 Å². The maximum atomic E-state index is 10.9. The largest absolute Gasteiger partial charge is 0.497 e. The van der Waals surface area contributed by atoms with Crippen LogP contribution in [0.25, 0.3) is 0 Å². The van der Waals surface area contributed by atoms with E-state index in [1.165, 1.54) is 14.2 Å². The summed E-state index contributed by atoms with van der Waals surface area (Å²) in [5.74, 6) is 0.549. The van der Waals surface area contributed by atoms with Crippen molar-refractivity contribution in [3.05, 3.63) is 23.8 Å². The zero-order valence-electron chi connectivity index (χ0n) is 8.69. The van der Waals surface area contributed by atoms with Crippen LogP contribution in [0.15, 0.2) is 18.2 Å². The second-order valence-electron chi connectivity index (χ2n) is 3.03. The molecule has 0 aliphatic carbocycles. The van der Waals surface area contributed by atoms with E-state index in [-0.39, 0.29) is 0 Å². The van der Waals surface area contributed by atoms with Crippen LogP contribution < -0.4 is 20.9 Å². The van der Waals surface area contributed by atoms with Gasteiger partial charge < -0.3 is 20.9 Å². The number of carbonyl (C=O) groups excluding carboxylic acids is 1. The van der Waals surface area contributed by atoms with E-state index in [9.17, 15) is 4.79 Å². The Balaban J connectivity index is 3.11. The van der Waals surface area contributed by atoms with Crippen molar-refractivity contribution in [2.24, 2.45) is 11.5 Å². The number of amides is 1. The lowest BCUT2D eigenvalue weighted by molar-refractivity contribution is -0.119. The average molecular weight is 210 g/mol. The molecule has 1 aromatic rings. The molecule has 0 saturated carbocycles. The molecule has 82 valence electrons. The lowest BCUT2D eigenvalue weighted by atomic mass is 10.1. The van der Waals surface area contributed by atoms with Gasteiger partial charge in [0.1, 0.15) is 17.5 Å². The molecule has 5 heteroatoms. The number of nitrogens with two attached hydrogens (primary N) is 2. The van der Waals surface area contributed by atoms with E-state index in [0.717, 1.165) is 0 Å². The highest BCUT2D eigenvalue weighted by Crippen LogP contribution is 2.25. The standard InChI is InChI=1S/C10H14N2O3/c1-14-7-3-6(9(11)10(12)13)4-8(5-7)15-2/h3-5,9H,11H2,1-2H3,(H2,12,13). The Morgan fingerprint density at radius 1 is 1.20 bits per heavy atom. The van der Waals surface area contributed by atoms with E-state index in [4.69, 9.17) is 20.9 Å². The third-order valence-corrected chi connectivity index (χ3v) is 2.04. The Hall–Kier alpha value is -1.75. The lowest BCUT2D eigenvalue weighted by Gasteiger charge is -2.11. The Kier molecular flexibility index (Phi) is 3.51. The number of rotatable bonds is 4. The molecule has 0 aliphatic heterocycles. The predicted octanol–water partition coefficient (Wildman–Crippen LogP) is 0.189. The molecule has 0 aliphatic rings. The normalized spacial score (nSPS) is 11.9. The van der Waals surface area contributed by atoms with Crippen LogP contribution in [-0.2, 0) is 4.79 Å². The molecule has 0 heterocycles. The maximum absolute atomic E-state index is 10.9. The number of hydrogen-bond acceptors (Lipinski definition) is 4. The Bertz CT molecular complexity index is 343. The van der Waals surface area contributed by atoms with Gasteiger partial charge in [0.05, 0.1) is 14.2 Å². The number of carbonyl (C=O) groups is 1. The van der Waals surface area contributed by atoms with Crippen molar-refractivity contribution in [1.29, 1.82) is 0 Å². The van der Waals surface area contributed by atoms with Crippen molar-refractivity contribution in [2.75, 3.05) is 14.2 Å². The van der Waals surface area contributed by atoms with Gasteiger partial charge in [0, 0.05) is 6.07 Å². The fraction of sp³-hybridized carbons (Fsp3) is 0.300. The molecule has 1 rings (SSSR count). The minimum atomic E-state index is -0.853. The quantitative estimate of drug-likeness (QED) is 0.742. The molecule has 15 heavy (non-hydrogen) atoms. The van der Waals surface area contributed by atoms with Gasteiger partial charge in [-0.3, -0.25) is 4.79 Å². The molecule has 1 aromatic carbocycles. The van der Waals surface area contributed by atoms with Crippen LogP contribution >= 0.6 is 0 Å². The van der Waals surface area contributed by atoms with E-state index >= 15 is 0 Å². The monoisotopic (exact) mass is 210 g/mol. The van der Waals surface area contributed by atoms with Crippen molar-refractivity contribution in [1.82, 2.24) is 0 Å². The van der Waals surface area contributed by atoms with Crippen LogP contribution in [0.5, 0.6) is 11.5 Å². The van der Waals surface area contributed by atoms with Crippen molar-refractivity contribution < 1.29 is 14.3 Å². The zero-order valence-corrected chi connectivity index (χ0v) is 8.69. The number of benzene rings is 1. The molecule has 0 fully saturated rings. The molecule has 0 radical (unpaired) electrons. The van der Waals surface area contributed by atoms with Crippen LogP contribution in [0, 0.1) is 0 Å². The van der Waals surface area contributed by atoms with Gasteiger partial charge in [0.2, 0.25) is 5.91 Å². The Morgan fingerprint density at radius 3 is 2.00 bits per heavy atom. The zero-order chi connectivity index (χ0) is 11.4. The van der Waals surface area contributed by atoms with Gasteiger partial charge in [-0.25, -0.2) is 0 Å². The molecule has 4 N–H and O–H groups in total. The third-order valence-electron chi connectivity index (χ3n) is 2.04. The highest BCUT2D eigenvalue weighted by molar-refractivity contribution is 5.81. The van der Waals surface area contributed by atoms with Crippen LogP contribution in [0.1, 0.15) is 11.6 Å². The Labute approximate surface area is 88.0 Å². The van der Waals surface area contributed by atoms with Gasteiger partial charge in [0.15, 0.2) is 0 Å². The van der Waals surface area contributed by atoms with Crippen LogP contribution in [-0.4, -0.2) is 20.1 Å². The second-order valence-corrected chi connectivity index (χ2v) is 3.03. The van der Waals surface area contributed by atoms with Crippen molar-refractivity contribution in [3.63, 3.8) is 0 Å². The minimum Gasteiger partial charge on any atom is -0.497 e. The predicted molar refractivity (Wildman–Crippen MR) is 55.7 cm³/mol. The summed E-state index contributed by atoms with van der Waals surface area (Å²) >= 11 is 0. The number of hydrogen-bond donors (Lipinski definition) is 2. The summed E-state index contributed by atoms with van der Waals surface area (Å²) in [4.78, 5) is 10.9. The molecule has 1 unspecified atom stereocenters. The second kappa shape index (κ2) is 4.65. The smallest absolute Gasteiger partial charge is 0.238 e. The molecule has 1 amide bonds. The van der Waals surface area contributed by atoms with E-state index < -0.39 is 11.9 Å². The van der Waals surface area contributed by atoms with Crippen LogP contribution in [0.4, 0.5) is 0 Å². The molecule has 0 saturated heterocycles. The summed E-state index contributed by atoms with van der Waals surface area (Å²) in [6.07, 6.45) is 0. The first-order valence-electron chi connectivity index (χ1n) is 4.36. The summed E-state index contributed by atoms with van der Waals surface area (Å²) in [6.45, 7) is 0. The molecule has 0 spiro atoms. The first kappa shape index (κ1) is 11.3. The van der Waals surface area contributed by atoms with Gasteiger partial charge >= 0.3 is 0 Å². The first-order chi connectivity index (χ1) is 7.08. The molecular weight excluding hydrogens is 196 g/mol. The average Bonchev–Trinajstić information content (AvgIpc) is 2.27. The number of ether oxygens (including phenoxy) is 2. The van der Waals surface area contributed by atoms with Crippen molar-refractivity contribution in [3.8, 4) is 11.5 Å². The fourth-order valence-corrected chi connectivity index (χ4v) is 1.17. The first-order valence-corrected chi connectivity index (χ1v) is 4.36. The van der Waals surface area contributed by atoms with Crippen molar-refractivity contribution in [2.45, 2.75) is 6.04 Å². The highest BCUT2D eigenvalue weighted by Gasteiger charge is 2.14. The van der Waals surface area contributed by atoms with Crippen molar-refractivity contribution >= 4 is 5.91 Å². The summed E-state index contributed by atoms with van der Waals surface area (Å²) in [5.41, 5.74) is 11.3. The van der Waals surface area contributed by atoms with E-state index in [1.54, 1.807) is 18.2 Å². The summed E-state index contributed by atoms with van der Waals surface area (Å²) in [6, 6.07) is 4.14. The SMILES string of the molecule is COc1cc(OC)cc(C(N)C(N)=O)c1. The molecular formula is C10H14N2O3. The summed E-state index contributed by atoms with van der Waals surface area (Å²) in [7, 11) is 3.04. The van der Waals surface area contributed by atoms with Gasteiger partial charge in [-0.2, -0.15) is 0 Å². The minimum absolute atomic E-state index is 0.568. The topological polar surface area (TPSA) is 87.6 Å². The number of primary amides is 1. The molecule has 0 aromatic heterocycles. The molecule has 0 bridgehead atoms. The van der Waals surface area contributed by atoms with Crippen LogP contribution in [0.2, 0.25) is 0 Å². The molecule has 5 nitrogen and oxygen atoms in total. The van der Waals surface area contributed by atoms with E-state index in [0.29, 0.717) is 17.1 Å². The summed E-state index contributed by atoms with van der Waals surface area (Å²) in [5, 5.41) is 0. The van der Waals surface area contributed by atoms with Gasteiger partial charge in [0.25, 0.3) is 0 Å².